The summed E-state index contributed by atoms with van der Waals surface area (Å²) in [6, 6.07) is 3.74. The largest absolute Gasteiger partial charge is 0.449 e. The fraction of sp³-hybridized carbons (Fsp3) is 0.600. The Morgan fingerprint density at radius 1 is 1.54 bits per heavy atom. The second-order valence-electron chi connectivity index (χ2n) is 4.28. The number of halogens is 1. The third-order valence-corrected chi connectivity index (χ3v) is 3.41. The average molecular weight is 200 g/mol. The molecule has 2 rings (SSSR count). The van der Waals surface area contributed by atoms with Gasteiger partial charge < -0.3 is 10.2 Å². The van der Waals surface area contributed by atoms with Crippen molar-refractivity contribution in [1.82, 2.24) is 0 Å². The highest BCUT2D eigenvalue weighted by atomic mass is 35.5. The van der Waals surface area contributed by atoms with Crippen molar-refractivity contribution >= 4 is 11.6 Å². The molecule has 0 saturated heterocycles. The molecule has 2 nitrogen and oxygen atoms in total. The SMILES string of the molecule is CC1(C)C(CN)C1c1ccc(Cl)o1. The third kappa shape index (κ3) is 1.29. The van der Waals surface area contributed by atoms with Gasteiger partial charge in [0.25, 0.3) is 0 Å². The molecular formula is C10H14ClNO. The lowest BCUT2D eigenvalue weighted by Gasteiger charge is -1.98. The highest BCUT2D eigenvalue weighted by molar-refractivity contribution is 6.28. The van der Waals surface area contributed by atoms with E-state index in [1.807, 2.05) is 6.07 Å². The van der Waals surface area contributed by atoms with Crippen LogP contribution < -0.4 is 5.73 Å². The van der Waals surface area contributed by atoms with Gasteiger partial charge in [-0.1, -0.05) is 13.8 Å². The Morgan fingerprint density at radius 3 is 2.62 bits per heavy atom. The van der Waals surface area contributed by atoms with Crippen molar-refractivity contribution in [3.05, 3.63) is 23.1 Å². The standard InChI is InChI=1S/C10H14ClNO/c1-10(2)6(5-12)9(10)7-3-4-8(11)13-7/h3-4,6,9H,5,12H2,1-2H3. The highest BCUT2D eigenvalue weighted by Gasteiger charge is 2.58. The Hall–Kier alpha value is -0.470. The summed E-state index contributed by atoms with van der Waals surface area (Å²) in [6.45, 7) is 5.15. The smallest absolute Gasteiger partial charge is 0.193 e. The monoisotopic (exact) mass is 199 g/mol. The average Bonchev–Trinajstić information content (AvgIpc) is 2.41. The minimum Gasteiger partial charge on any atom is -0.449 e. The van der Waals surface area contributed by atoms with E-state index in [4.69, 9.17) is 21.8 Å². The molecule has 3 heteroatoms. The first-order chi connectivity index (χ1) is 6.07. The van der Waals surface area contributed by atoms with Crippen molar-refractivity contribution in [2.24, 2.45) is 17.1 Å². The maximum absolute atomic E-state index is 5.72. The molecule has 1 aliphatic carbocycles. The number of hydrogen-bond acceptors (Lipinski definition) is 2. The molecule has 1 aliphatic rings. The van der Waals surface area contributed by atoms with Gasteiger partial charge in [-0.15, -0.1) is 0 Å². The maximum atomic E-state index is 5.72. The molecule has 1 aromatic rings. The molecule has 2 unspecified atom stereocenters. The van der Waals surface area contributed by atoms with E-state index >= 15 is 0 Å². The van der Waals surface area contributed by atoms with Crippen LogP contribution >= 0.6 is 11.6 Å². The summed E-state index contributed by atoms with van der Waals surface area (Å²) in [6.07, 6.45) is 0. The molecule has 0 radical (unpaired) electrons. The summed E-state index contributed by atoms with van der Waals surface area (Å²) in [7, 11) is 0. The molecule has 13 heavy (non-hydrogen) atoms. The Bertz CT molecular complexity index is 318. The lowest BCUT2D eigenvalue weighted by Crippen LogP contribution is -2.05. The van der Waals surface area contributed by atoms with Gasteiger partial charge in [0.1, 0.15) is 5.76 Å². The molecule has 0 spiro atoms. The van der Waals surface area contributed by atoms with Gasteiger partial charge in [-0.25, -0.2) is 0 Å². The Kier molecular flexibility index (Phi) is 1.93. The van der Waals surface area contributed by atoms with E-state index in [2.05, 4.69) is 13.8 Å². The lowest BCUT2D eigenvalue weighted by molar-refractivity contribution is 0.483. The van der Waals surface area contributed by atoms with E-state index in [9.17, 15) is 0 Å². The molecular weight excluding hydrogens is 186 g/mol. The summed E-state index contributed by atoms with van der Waals surface area (Å²) in [4.78, 5) is 0. The molecule has 0 bridgehead atoms. The van der Waals surface area contributed by atoms with E-state index in [0.717, 1.165) is 12.3 Å². The summed E-state index contributed by atoms with van der Waals surface area (Å²) < 4.78 is 5.38. The minimum absolute atomic E-state index is 0.274. The van der Waals surface area contributed by atoms with Crippen LogP contribution in [-0.2, 0) is 0 Å². The van der Waals surface area contributed by atoms with Crippen LogP contribution in [0.15, 0.2) is 16.5 Å². The van der Waals surface area contributed by atoms with Crippen LogP contribution in [0.4, 0.5) is 0 Å². The van der Waals surface area contributed by atoms with Crippen LogP contribution in [-0.4, -0.2) is 6.54 Å². The lowest BCUT2D eigenvalue weighted by atomic mass is 10.1. The number of hydrogen-bond donors (Lipinski definition) is 1. The van der Waals surface area contributed by atoms with Gasteiger partial charge in [0.05, 0.1) is 0 Å². The second kappa shape index (κ2) is 2.76. The van der Waals surface area contributed by atoms with E-state index < -0.39 is 0 Å². The van der Waals surface area contributed by atoms with Gasteiger partial charge in [0.15, 0.2) is 5.22 Å². The zero-order valence-electron chi connectivity index (χ0n) is 7.88. The zero-order chi connectivity index (χ0) is 9.64. The highest BCUT2D eigenvalue weighted by Crippen LogP contribution is 2.64. The quantitative estimate of drug-likeness (QED) is 0.796. The Morgan fingerprint density at radius 2 is 2.23 bits per heavy atom. The Balaban J connectivity index is 2.21. The third-order valence-electron chi connectivity index (χ3n) is 3.20. The summed E-state index contributed by atoms with van der Waals surface area (Å²) in [5.41, 5.74) is 5.94. The molecule has 2 atom stereocenters. The molecule has 72 valence electrons. The number of rotatable bonds is 2. The van der Waals surface area contributed by atoms with Crippen LogP contribution in [0.3, 0.4) is 0 Å². The fourth-order valence-corrected chi connectivity index (χ4v) is 2.40. The van der Waals surface area contributed by atoms with Gasteiger partial charge in [-0.05, 0) is 41.6 Å². The fourth-order valence-electron chi connectivity index (χ4n) is 2.24. The molecule has 1 heterocycles. The van der Waals surface area contributed by atoms with Crippen molar-refractivity contribution in [2.75, 3.05) is 6.54 Å². The Labute approximate surface area is 83.1 Å². The normalized spacial score (nSPS) is 30.5. The van der Waals surface area contributed by atoms with E-state index in [-0.39, 0.29) is 5.41 Å². The van der Waals surface area contributed by atoms with E-state index in [0.29, 0.717) is 17.1 Å². The first-order valence-electron chi connectivity index (χ1n) is 4.52. The first kappa shape index (κ1) is 9.10. The van der Waals surface area contributed by atoms with Crippen molar-refractivity contribution in [3.63, 3.8) is 0 Å². The van der Waals surface area contributed by atoms with Gasteiger partial charge in [-0.2, -0.15) is 0 Å². The molecule has 0 aliphatic heterocycles. The topological polar surface area (TPSA) is 39.2 Å². The molecule has 0 aromatic carbocycles. The predicted molar refractivity (Wildman–Crippen MR) is 52.8 cm³/mol. The van der Waals surface area contributed by atoms with Crippen molar-refractivity contribution in [3.8, 4) is 0 Å². The van der Waals surface area contributed by atoms with E-state index in [1.165, 1.54) is 0 Å². The van der Waals surface area contributed by atoms with Crippen molar-refractivity contribution in [1.29, 1.82) is 0 Å². The first-order valence-corrected chi connectivity index (χ1v) is 4.90. The second-order valence-corrected chi connectivity index (χ2v) is 4.66. The molecule has 0 amide bonds. The number of furan rings is 1. The number of nitrogens with two attached hydrogens (primary N) is 1. The van der Waals surface area contributed by atoms with Gasteiger partial charge >= 0.3 is 0 Å². The minimum atomic E-state index is 0.274. The summed E-state index contributed by atoms with van der Waals surface area (Å²) in [5, 5.41) is 0.466. The van der Waals surface area contributed by atoms with Gasteiger partial charge in [0, 0.05) is 5.92 Å². The molecule has 1 saturated carbocycles. The molecule has 2 N–H and O–H groups in total. The molecule has 1 fully saturated rings. The van der Waals surface area contributed by atoms with Crippen LogP contribution in [0.25, 0.3) is 0 Å². The van der Waals surface area contributed by atoms with Crippen LogP contribution in [0.2, 0.25) is 5.22 Å². The van der Waals surface area contributed by atoms with Gasteiger partial charge in [-0.3, -0.25) is 0 Å². The van der Waals surface area contributed by atoms with E-state index in [1.54, 1.807) is 6.07 Å². The van der Waals surface area contributed by atoms with Gasteiger partial charge in [0.2, 0.25) is 0 Å². The summed E-state index contributed by atoms with van der Waals surface area (Å²) >= 11 is 5.72. The van der Waals surface area contributed by atoms with Crippen molar-refractivity contribution < 1.29 is 4.42 Å². The van der Waals surface area contributed by atoms with Crippen LogP contribution in [0, 0.1) is 11.3 Å². The summed E-state index contributed by atoms with van der Waals surface area (Å²) in [5.74, 6) is 1.96. The molecule has 1 aromatic heterocycles. The maximum Gasteiger partial charge on any atom is 0.193 e. The van der Waals surface area contributed by atoms with Crippen molar-refractivity contribution in [2.45, 2.75) is 19.8 Å². The predicted octanol–water partition coefficient (Wildman–Crippen LogP) is 2.63. The zero-order valence-corrected chi connectivity index (χ0v) is 8.64. The van der Waals surface area contributed by atoms with Crippen LogP contribution in [0.5, 0.6) is 0 Å². The van der Waals surface area contributed by atoms with Crippen LogP contribution in [0.1, 0.15) is 25.5 Å².